The number of H-pyrrole nitrogens is 1. The van der Waals surface area contributed by atoms with E-state index in [1.54, 1.807) is 23.0 Å². The lowest BCUT2D eigenvalue weighted by Crippen LogP contribution is -2.00. The number of aromatic nitrogens is 5. The summed E-state index contributed by atoms with van der Waals surface area (Å²) in [7, 11) is 0. The summed E-state index contributed by atoms with van der Waals surface area (Å²) in [6, 6.07) is 15.4. The van der Waals surface area contributed by atoms with E-state index in [0.717, 1.165) is 5.69 Å². The van der Waals surface area contributed by atoms with Crippen LogP contribution in [0.1, 0.15) is 11.3 Å². The Morgan fingerprint density at radius 2 is 1.89 bits per heavy atom. The fourth-order valence-corrected chi connectivity index (χ4v) is 2.72. The van der Waals surface area contributed by atoms with Gasteiger partial charge in [0.1, 0.15) is 17.9 Å². The number of ether oxygens (including phenoxy) is 1. The second kappa shape index (κ2) is 7.57. The minimum Gasteiger partial charge on any atom is -0.438 e. The second-order valence-electron chi connectivity index (χ2n) is 5.86. The third-order valence-electron chi connectivity index (χ3n) is 3.94. The van der Waals surface area contributed by atoms with Crippen molar-refractivity contribution in [2.24, 2.45) is 5.10 Å². The Balaban J connectivity index is 1.81. The van der Waals surface area contributed by atoms with Crippen LogP contribution in [0, 0.1) is 17.5 Å². The lowest BCUT2D eigenvalue weighted by atomic mass is 10.2. The first-order valence-corrected chi connectivity index (χ1v) is 8.77. The molecule has 9 heteroatoms. The van der Waals surface area contributed by atoms with Crippen molar-refractivity contribution in [3.8, 4) is 17.3 Å². The van der Waals surface area contributed by atoms with Crippen molar-refractivity contribution in [2.45, 2.75) is 6.92 Å². The highest BCUT2D eigenvalue weighted by Crippen LogP contribution is 2.29. The number of benzene rings is 2. The Morgan fingerprint density at radius 1 is 1.14 bits per heavy atom. The second-order valence-corrected chi connectivity index (χ2v) is 6.24. The molecule has 2 aromatic heterocycles. The molecule has 0 saturated heterocycles. The standard InChI is InChI=1S/C19H15FN6OS/c1-13-17(11-22-25-12-21-23-19(25)28)18(27-16-9-7-14(20)8-10-16)26(24-13)15-5-3-2-4-6-15/h2-12H,1H3,(H,23,28)/b22-11-. The van der Waals surface area contributed by atoms with Crippen LogP contribution in [0.15, 0.2) is 66.0 Å². The molecule has 0 unspecified atom stereocenters. The van der Waals surface area contributed by atoms with Crippen LogP contribution < -0.4 is 4.74 Å². The normalized spacial score (nSPS) is 11.2. The lowest BCUT2D eigenvalue weighted by molar-refractivity contribution is 0.442. The van der Waals surface area contributed by atoms with Gasteiger partial charge in [0.2, 0.25) is 10.7 Å². The van der Waals surface area contributed by atoms with Crippen LogP contribution in [0.2, 0.25) is 0 Å². The third kappa shape index (κ3) is 3.60. The third-order valence-corrected chi connectivity index (χ3v) is 4.22. The highest BCUT2D eigenvalue weighted by atomic mass is 32.1. The Bertz CT molecular complexity index is 1180. The van der Waals surface area contributed by atoms with Crippen molar-refractivity contribution >= 4 is 18.4 Å². The molecule has 2 heterocycles. The molecule has 0 bridgehead atoms. The topological polar surface area (TPSA) is 73.0 Å². The van der Waals surface area contributed by atoms with Gasteiger partial charge in [0, 0.05) is 0 Å². The van der Waals surface area contributed by atoms with E-state index >= 15 is 0 Å². The number of nitrogens with zero attached hydrogens (tertiary/aromatic N) is 5. The summed E-state index contributed by atoms with van der Waals surface area (Å²) in [5.41, 5.74) is 2.19. The van der Waals surface area contributed by atoms with E-state index < -0.39 is 0 Å². The molecule has 28 heavy (non-hydrogen) atoms. The fourth-order valence-electron chi connectivity index (χ4n) is 2.57. The number of hydrogen-bond acceptors (Lipinski definition) is 5. The number of hydrogen-bond donors (Lipinski definition) is 1. The molecule has 2 aromatic carbocycles. The van der Waals surface area contributed by atoms with Gasteiger partial charge in [0.15, 0.2) is 0 Å². The number of halogens is 1. The van der Waals surface area contributed by atoms with E-state index in [1.807, 2.05) is 37.3 Å². The molecule has 0 saturated carbocycles. The van der Waals surface area contributed by atoms with Crippen LogP contribution in [-0.4, -0.2) is 30.9 Å². The van der Waals surface area contributed by atoms with E-state index in [2.05, 4.69) is 20.4 Å². The summed E-state index contributed by atoms with van der Waals surface area (Å²) in [6.07, 6.45) is 3.07. The lowest BCUT2D eigenvalue weighted by Gasteiger charge is -2.10. The molecule has 0 amide bonds. The van der Waals surface area contributed by atoms with E-state index in [4.69, 9.17) is 17.0 Å². The van der Waals surface area contributed by atoms with Gasteiger partial charge in [-0.25, -0.2) is 4.39 Å². The van der Waals surface area contributed by atoms with Crippen molar-refractivity contribution in [2.75, 3.05) is 0 Å². The zero-order valence-electron chi connectivity index (χ0n) is 14.8. The average Bonchev–Trinajstić information content (AvgIpc) is 3.25. The van der Waals surface area contributed by atoms with Gasteiger partial charge >= 0.3 is 0 Å². The maximum Gasteiger partial charge on any atom is 0.231 e. The van der Waals surface area contributed by atoms with Gasteiger partial charge < -0.3 is 4.74 Å². The van der Waals surface area contributed by atoms with E-state index in [1.165, 1.54) is 23.1 Å². The molecule has 0 aliphatic carbocycles. The van der Waals surface area contributed by atoms with Gasteiger partial charge in [-0.15, -0.1) is 0 Å². The Morgan fingerprint density at radius 3 is 2.57 bits per heavy atom. The highest BCUT2D eigenvalue weighted by molar-refractivity contribution is 7.71. The molecule has 0 aliphatic rings. The van der Waals surface area contributed by atoms with Crippen LogP contribution >= 0.6 is 12.2 Å². The minimum absolute atomic E-state index is 0.337. The van der Waals surface area contributed by atoms with Gasteiger partial charge in [0.05, 0.1) is 23.2 Å². The molecule has 0 aliphatic heterocycles. The maximum absolute atomic E-state index is 13.3. The van der Waals surface area contributed by atoms with E-state index in [9.17, 15) is 4.39 Å². The average molecular weight is 394 g/mol. The van der Waals surface area contributed by atoms with Crippen LogP contribution in [0.25, 0.3) is 5.69 Å². The predicted octanol–water partition coefficient (Wildman–Crippen LogP) is 4.25. The Hall–Kier alpha value is -3.59. The summed E-state index contributed by atoms with van der Waals surface area (Å²) in [5.74, 6) is 0.596. The van der Waals surface area contributed by atoms with Gasteiger partial charge in [-0.1, -0.05) is 18.2 Å². The van der Waals surface area contributed by atoms with Gasteiger partial charge in [-0.05, 0) is 55.5 Å². The first kappa shape index (κ1) is 17.8. The summed E-state index contributed by atoms with van der Waals surface area (Å²) >= 11 is 5.11. The molecule has 7 nitrogen and oxygen atoms in total. The molecule has 0 atom stereocenters. The summed E-state index contributed by atoms with van der Waals surface area (Å²) < 4.78 is 22.8. The van der Waals surface area contributed by atoms with Crippen LogP contribution in [-0.2, 0) is 0 Å². The van der Waals surface area contributed by atoms with Crippen LogP contribution in [0.3, 0.4) is 0 Å². The zero-order valence-corrected chi connectivity index (χ0v) is 15.6. The molecule has 0 spiro atoms. The molecule has 4 rings (SSSR count). The van der Waals surface area contributed by atoms with Crippen molar-refractivity contribution in [1.82, 2.24) is 24.7 Å². The summed E-state index contributed by atoms with van der Waals surface area (Å²) in [6.45, 7) is 1.85. The van der Waals surface area contributed by atoms with E-state index in [-0.39, 0.29) is 5.82 Å². The monoisotopic (exact) mass is 394 g/mol. The quantitative estimate of drug-likeness (QED) is 0.406. The highest BCUT2D eigenvalue weighted by Gasteiger charge is 2.18. The molecule has 1 N–H and O–H groups in total. The summed E-state index contributed by atoms with van der Waals surface area (Å²) in [4.78, 5) is 0. The van der Waals surface area contributed by atoms with Crippen molar-refractivity contribution < 1.29 is 9.13 Å². The van der Waals surface area contributed by atoms with Gasteiger partial charge in [-0.3, -0.25) is 5.10 Å². The smallest absolute Gasteiger partial charge is 0.231 e. The zero-order chi connectivity index (χ0) is 19.5. The fraction of sp³-hybridized carbons (Fsp3) is 0.0526. The Labute approximate surface area is 164 Å². The van der Waals surface area contributed by atoms with Gasteiger partial charge in [-0.2, -0.15) is 24.7 Å². The number of para-hydroxylation sites is 1. The number of rotatable bonds is 5. The number of aryl methyl sites for hydroxylation is 1. The molecular weight excluding hydrogens is 379 g/mol. The molecular formula is C19H15FN6OS. The van der Waals surface area contributed by atoms with Crippen molar-refractivity contribution in [1.29, 1.82) is 0 Å². The molecule has 0 radical (unpaired) electrons. The Kier molecular flexibility index (Phi) is 4.81. The SMILES string of the molecule is Cc1nn(-c2ccccc2)c(Oc2ccc(F)cc2)c1/C=N\n1cn[nH]c1=S. The molecule has 0 fully saturated rings. The first-order chi connectivity index (χ1) is 13.6. The van der Waals surface area contributed by atoms with Crippen LogP contribution in [0.5, 0.6) is 11.6 Å². The largest absolute Gasteiger partial charge is 0.438 e. The maximum atomic E-state index is 13.3. The van der Waals surface area contributed by atoms with Crippen molar-refractivity contribution in [3.63, 3.8) is 0 Å². The molecule has 4 aromatic rings. The number of nitrogens with one attached hydrogen (secondary N) is 1. The minimum atomic E-state index is -0.337. The van der Waals surface area contributed by atoms with Gasteiger partial charge in [0.25, 0.3) is 0 Å². The summed E-state index contributed by atoms with van der Waals surface area (Å²) in [5, 5.41) is 15.4. The predicted molar refractivity (Wildman–Crippen MR) is 105 cm³/mol. The first-order valence-electron chi connectivity index (χ1n) is 8.36. The van der Waals surface area contributed by atoms with Crippen LogP contribution in [0.4, 0.5) is 4.39 Å². The van der Waals surface area contributed by atoms with Crippen molar-refractivity contribution in [3.05, 3.63) is 82.8 Å². The molecule has 140 valence electrons. The van der Waals surface area contributed by atoms with E-state index in [0.29, 0.717) is 27.7 Å². The number of aromatic amines is 1.